The smallest absolute Gasteiger partial charge is 0.306 e. The van der Waals surface area contributed by atoms with Crippen molar-refractivity contribution in [2.75, 3.05) is 13.2 Å². The Morgan fingerprint density at radius 1 is 1.26 bits per heavy atom. The van der Waals surface area contributed by atoms with Crippen LogP contribution in [0.15, 0.2) is 30.0 Å². The van der Waals surface area contributed by atoms with Crippen molar-refractivity contribution in [1.29, 1.82) is 0 Å². The van der Waals surface area contributed by atoms with Crippen LogP contribution in [0.25, 0.3) is 6.08 Å². The molecule has 1 aromatic rings. The van der Waals surface area contributed by atoms with Gasteiger partial charge in [0.25, 0.3) is 0 Å². The second kappa shape index (κ2) is 12.2. The summed E-state index contributed by atoms with van der Waals surface area (Å²) < 4.78 is 5.99. The molecule has 0 aliphatic carbocycles. The lowest BCUT2D eigenvalue weighted by atomic mass is 9.79. The van der Waals surface area contributed by atoms with Crippen LogP contribution in [0.1, 0.15) is 78.3 Å². The maximum Gasteiger partial charge on any atom is 0.306 e. The molecule has 2 fully saturated rings. The van der Waals surface area contributed by atoms with Crippen LogP contribution in [0.2, 0.25) is 0 Å². The number of aliphatic hydroxyl groups excluding tert-OH is 2. The van der Waals surface area contributed by atoms with Crippen LogP contribution in [0, 0.1) is 11.3 Å². The molecule has 5 unspecified atom stereocenters. The van der Waals surface area contributed by atoms with Gasteiger partial charge in [-0.05, 0) is 55.9 Å². The fourth-order valence-electron chi connectivity index (χ4n) is 5.10. The molecule has 2 saturated heterocycles. The van der Waals surface area contributed by atoms with Crippen LogP contribution in [-0.4, -0.2) is 69.3 Å². The Morgan fingerprint density at radius 2 is 2.03 bits per heavy atom. The van der Waals surface area contributed by atoms with E-state index in [9.17, 15) is 19.8 Å². The molecule has 0 radical (unpaired) electrons. The van der Waals surface area contributed by atoms with E-state index in [0.29, 0.717) is 25.4 Å². The second-order valence-electron chi connectivity index (χ2n) is 10.9. The Hall–Kier alpha value is -2.09. The average Bonchev–Trinajstić information content (AvgIpc) is 3.47. The van der Waals surface area contributed by atoms with Gasteiger partial charge in [-0.25, -0.2) is 0 Å². The average molecular weight is 487 g/mol. The number of ether oxygens (including phenoxy) is 1. The molecule has 7 heteroatoms. The first-order valence-electron chi connectivity index (χ1n) is 13.0. The highest BCUT2D eigenvalue weighted by molar-refractivity contribution is 5.85. The number of Topliss-reactive ketones (excluding diaryl/α,β-unsaturated/α-hetero) is 1. The van der Waals surface area contributed by atoms with Gasteiger partial charge in [-0.3, -0.25) is 19.5 Å². The largest absolute Gasteiger partial charge is 0.458 e. The standard InChI is InChI=1S/C28H42N2O5/c1-19-8-7-10-22-23(30(22)14-15-31)17-25(20(2)16-21-9-5-6-13-29-21)35-27(34)11-12-28(3,4)26(33)18-24(19)32/h5-6,9,13,16,19,22-25,31-32H,7-8,10-12,14-15,17-18H2,1-4H3/b20-16+/t19-,22?,23?,24?,25?,30?/m0/s1. The number of cyclic esters (lactones) is 1. The summed E-state index contributed by atoms with van der Waals surface area (Å²) in [7, 11) is 0. The van der Waals surface area contributed by atoms with E-state index in [-0.39, 0.29) is 43.2 Å². The normalized spacial score (nSPS) is 33.0. The van der Waals surface area contributed by atoms with E-state index >= 15 is 0 Å². The number of carbonyl (C=O) groups is 2. The van der Waals surface area contributed by atoms with E-state index in [2.05, 4.69) is 9.88 Å². The van der Waals surface area contributed by atoms with Crippen LogP contribution < -0.4 is 0 Å². The highest BCUT2D eigenvalue weighted by Crippen LogP contribution is 2.38. The molecule has 7 nitrogen and oxygen atoms in total. The van der Waals surface area contributed by atoms with E-state index in [1.165, 1.54) is 0 Å². The number of aromatic nitrogens is 1. The number of carbonyl (C=O) groups excluding carboxylic acids is 2. The summed E-state index contributed by atoms with van der Waals surface area (Å²) in [5.41, 5.74) is 1.04. The fourth-order valence-corrected chi connectivity index (χ4v) is 5.10. The van der Waals surface area contributed by atoms with Gasteiger partial charge in [-0.2, -0.15) is 0 Å². The van der Waals surface area contributed by atoms with Gasteiger partial charge in [-0.1, -0.05) is 33.3 Å². The minimum absolute atomic E-state index is 0.0177. The summed E-state index contributed by atoms with van der Waals surface area (Å²) >= 11 is 0. The van der Waals surface area contributed by atoms with Gasteiger partial charge in [0.05, 0.1) is 18.4 Å². The number of hydrogen-bond acceptors (Lipinski definition) is 7. The number of esters is 1. The van der Waals surface area contributed by atoms with Gasteiger partial charge in [0, 0.05) is 49.5 Å². The van der Waals surface area contributed by atoms with Crippen molar-refractivity contribution in [2.24, 2.45) is 11.3 Å². The topological polar surface area (TPSA) is 99.7 Å². The van der Waals surface area contributed by atoms with Crippen molar-refractivity contribution in [3.63, 3.8) is 0 Å². The number of β-amino-alcohol motifs (C(OH)–C–C–N with tert-alkyl or cyclic N) is 1. The molecule has 0 spiro atoms. The zero-order valence-electron chi connectivity index (χ0n) is 21.7. The molecule has 0 amide bonds. The van der Waals surface area contributed by atoms with Crippen molar-refractivity contribution in [1.82, 2.24) is 9.88 Å². The SMILES string of the molecule is C/C(=C\c1ccccn1)C1CC2C(CCC[C@H](C)C(O)CC(=O)C(C)(C)CCC(=O)O1)N2CCO. The minimum atomic E-state index is -0.704. The maximum atomic E-state index is 12.9. The number of hydrogen-bond donors (Lipinski definition) is 2. The van der Waals surface area contributed by atoms with E-state index < -0.39 is 17.6 Å². The van der Waals surface area contributed by atoms with Gasteiger partial charge in [0.15, 0.2) is 0 Å². The number of fused-ring (bicyclic) bond motifs is 1. The number of aliphatic hydroxyl groups is 2. The molecule has 2 aliphatic heterocycles. The van der Waals surface area contributed by atoms with E-state index in [4.69, 9.17) is 4.74 Å². The first-order chi connectivity index (χ1) is 16.6. The van der Waals surface area contributed by atoms with Gasteiger partial charge in [0.2, 0.25) is 0 Å². The van der Waals surface area contributed by atoms with Crippen molar-refractivity contribution in [3.05, 3.63) is 35.7 Å². The van der Waals surface area contributed by atoms with Crippen LogP contribution >= 0.6 is 0 Å². The third kappa shape index (κ3) is 7.69. The molecular weight excluding hydrogens is 444 g/mol. The molecule has 0 aromatic carbocycles. The summed E-state index contributed by atoms with van der Waals surface area (Å²) in [5, 5.41) is 20.2. The summed E-state index contributed by atoms with van der Waals surface area (Å²) in [6.45, 7) is 8.34. The minimum Gasteiger partial charge on any atom is -0.458 e. The van der Waals surface area contributed by atoms with Crippen molar-refractivity contribution >= 4 is 17.8 Å². The maximum absolute atomic E-state index is 12.9. The molecule has 3 rings (SSSR count). The van der Waals surface area contributed by atoms with Gasteiger partial charge < -0.3 is 14.9 Å². The van der Waals surface area contributed by atoms with Crippen molar-refractivity contribution < 1.29 is 24.5 Å². The third-order valence-electron chi connectivity index (χ3n) is 7.78. The lowest BCUT2D eigenvalue weighted by Crippen LogP contribution is -2.32. The van der Waals surface area contributed by atoms with Crippen LogP contribution in [-0.2, 0) is 14.3 Å². The first-order valence-corrected chi connectivity index (χ1v) is 13.0. The van der Waals surface area contributed by atoms with Crippen LogP contribution in [0.3, 0.4) is 0 Å². The van der Waals surface area contributed by atoms with E-state index in [0.717, 1.165) is 30.5 Å². The van der Waals surface area contributed by atoms with Crippen LogP contribution in [0.4, 0.5) is 0 Å². The summed E-state index contributed by atoms with van der Waals surface area (Å²) in [4.78, 5) is 32.4. The molecule has 2 N–H and O–H groups in total. The highest BCUT2D eigenvalue weighted by Gasteiger charge is 2.47. The van der Waals surface area contributed by atoms with Gasteiger partial charge >= 0.3 is 5.97 Å². The highest BCUT2D eigenvalue weighted by atomic mass is 16.5. The predicted octanol–water partition coefficient (Wildman–Crippen LogP) is 3.78. The molecule has 35 heavy (non-hydrogen) atoms. The number of nitrogens with zero attached hydrogens (tertiary/aromatic N) is 2. The fraction of sp³-hybridized carbons (Fsp3) is 0.679. The summed E-state index contributed by atoms with van der Waals surface area (Å²) in [5.74, 6) is -0.306. The molecule has 6 atom stereocenters. The monoisotopic (exact) mass is 486 g/mol. The lowest BCUT2D eigenvalue weighted by Gasteiger charge is -2.27. The second-order valence-corrected chi connectivity index (χ2v) is 10.9. The quantitative estimate of drug-likeness (QED) is 0.493. The first kappa shape index (κ1) is 27.5. The Kier molecular flexibility index (Phi) is 9.62. The summed E-state index contributed by atoms with van der Waals surface area (Å²) in [6.07, 6.45) is 6.66. The van der Waals surface area contributed by atoms with Crippen molar-refractivity contribution in [3.8, 4) is 0 Å². The molecule has 0 bridgehead atoms. The zero-order valence-corrected chi connectivity index (χ0v) is 21.7. The summed E-state index contributed by atoms with van der Waals surface area (Å²) in [6, 6.07) is 6.27. The van der Waals surface area contributed by atoms with Gasteiger partial charge in [-0.15, -0.1) is 0 Å². The molecule has 3 heterocycles. The van der Waals surface area contributed by atoms with Crippen molar-refractivity contribution in [2.45, 2.75) is 96.9 Å². The Bertz CT molecular complexity index is 885. The Morgan fingerprint density at radius 3 is 2.71 bits per heavy atom. The number of rotatable bonds is 4. The molecule has 2 aliphatic rings. The molecule has 194 valence electrons. The Labute approximate surface area is 209 Å². The molecule has 1 aromatic heterocycles. The van der Waals surface area contributed by atoms with E-state index in [1.807, 2.05) is 52.0 Å². The number of ketones is 1. The van der Waals surface area contributed by atoms with E-state index in [1.54, 1.807) is 6.20 Å². The predicted molar refractivity (Wildman–Crippen MR) is 135 cm³/mol. The Balaban J connectivity index is 1.81. The van der Waals surface area contributed by atoms with Gasteiger partial charge in [0.1, 0.15) is 11.9 Å². The molecular formula is C28H42N2O5. The molecule has 0 saturated carbocycles. The third-order valence-corrected chi connectivity index (χ3v) is 7.78. The van der Waals surface area contributed by atoms with Crippen LogP contribution in [0.5, 0.6) is 0 Å². The number of pyridine rings is 1. The zero-order chi connectivity index (χ0) is 25.6. The lowest BCUT2D eigenvalue weighted by molar-refractivity contribution is -0.148.